The fourth-order valence-electron chi connectivity index (χ4n) is 2.43. The van der Waals surface area contributed by atoms with Crippen molar-refractivity contribution in [2.45, 2.75) is 57.2 Å². The van der Waals surface area contributed by atoms with E-state index in [-0.39, 0.29) is 5.54 Å². The van der Waals surface area contributed by atoms with Crippen LogP contribution in [-0.2, 0) is 0 Å². The molecule has 2 fully saturated rings. The average Bonchev–Trinajstić information content (AvgIpc) is 2.92. The quantitative estimate of drug-likeness (QED) is 0.759. The van der Waals surface area contributed by atoms with Gasteiger partial charge in [0.25, 0.3) is 0 Å². The summed E-state index contributed by atoms with van der Waals surface area (Å²) in [5.74, 6) is 0. The smallest absolute Gasteiger partial charge is 0.116 e. The predicted octanol–water partition coefficient (Wildman–Crippen LogP) is 1.50. The molecule has 0 radical (unpaired) electrons. The maximum absolute atomic E-state index is 9.27. The molecule has 1 saturated heterocycles. The molecule has 0 aromatic carbocycles. The number of rotatable bonds is 4. The van der Waals surface area contributed by atoms with Crippen molar-refractivity contribution in [2.75, 3.05) is 13.1 Å². The number of hydrogen-bond acceptors (Lipinski definition) is 3. The van der Waals surface area contributed by atoms with Gasteiger partial charge in [0.15, 0.2) is 0 Å². The van der Waals surface area contributed by atoms with E-state index >= 15 is 0 Å². The van der Waals surface area contributed by atoms with Crippen molar-refractivity contribution < 1.29 is 0 Å². The van der Waals surface area contributed by atoms with Crippen LogP contribution in [0.25, 0.3) is 0 Å². The summed E-state index contributed by atoms with van der Waals surface area (Å²) in [6.07, 6.45) is 5.05. The summed E-state index contributed by atoms with van der Waals surface area (Å²) < 4.78 is 0. The zero-order valence-electron chi connectivity index (χ0n) is 9.79. The molecule has 1 N–H and O–H groups in total. The fraction of sp³-hybridized carbons (Fsp3) is 0.917. The summed E-state index contributed by atoms with van der Waals surface area (Å²) in [5, 5.41) is 12.7. The summed E-state index contributed by atoms with van der Waals surface area (Å²) in [6.45, 7) is 6.34. The molecule has 1 saturated carbocycles. The van der Waals surface area contributed by atoms with Gasteiger partial charge in [-0.05, 0) is 46.1 Å². The maximum atomic E-state index is 9.27. The van der Waals surface area contributed by atoms with Crippen LogP contribution in [0, 0.1) is 11.3 Å². The molecule has 2 rings (SSSR count). The third kappa shape index (κ3) is 2.70. The number of hydrogen-bond donors (Lipinski definition) is 1. The first-order valence-electron chi connectivity index (χ1n) is 6.06. The Kier molecular flexibility index (Phi) is 2.99. The van der Waals surface area contributed by atoms with Gasteiger partial charge in [-0.1, -0.05) is 0 Å². The van der Waals surface area contributed by atoms with Crippen LogP contribution in [0.5, 0.6) is 0 Å². The van der Waals surface area contributed by atoms with Gasteiger partial charge in [-0.25, -0.2) is 0 Å². The third-order valence-corrected chi connectivity index (χ3v) is 3.56. The Morgan fingerprint density at radius 2 is 2.20 bits per heavy atom. The molecule has 2 unspecified atom stereocenters. The van der Waals surface area contributed by atoms with Gasteiger partial charge in [0.05, 0.1) is 6.07 Å². The van der Waals surface area contributed by atoms with Crippen molar-refractivity contribution in [2.24, 2.45) is 0 Å². The normalized spacial score (nSPS) is 31.1. The zero-order chi connectivity index (χ0) is 10.9. The van der Waals surface area contributed by atoms with Crippen LogP contribution >= 0.6 is 0 Å². The second-order valence-corrected chi connectivity index (χ2v) is 5.32. The van der Waals surface area contributed by atoms with Gasteiger partial charge < -0.3 is 0 Å². The topological polar surface area (TPSA) is 39.1 Å². The number of nitriles is 1. The van der Waals surface area contributed by atoms with Gasteiger partial charge >= 0.3 is 0 Å². The van der Waals surface area contributed by atoms with Crippen LogP contribution in [0.3, 0.4) is 0 Å². The highest BCUT2D eigenvalue weighted by molar-refractivity contribution is 5.09. The molecule has 0 aromatic heterocycles. The molecular formula is C12H21N3. The first-order chi connectivity index (χ1) is 7.13. The van der Waals surface area contributed by atoms with E-state index in [0.29, 0.717) is 12.1 Å². The molecule has 15 heavy (non-hydrogen) atoms. The first kappa shape index (κ1) is 10.9. The van der Waals surface area contributed by atoms with Gasteiger partial charge in [-0.15, -0.1) is 0 Å². The third-order valence-electron chi connectivity index (χ3n) is 3.56. The number of likely N-dealkylation sites (tertiary alicyclic amines) is 1. The molecule has 0 spiro atoms. The van der Waals surface area contributed by atoms with E-state index in [1.807, 2.05) is 6.92 Å². The molecule has 2 atom stereocenters. The highest BCUT2D eigenvalue weighted by Gasteiger charge is 2.35. The second kappa shape index (κ2) is 4.11. The largest absolute Gasteiger partial charge is 0.298 e. The highest BCUT2D eigenvalue weighted by Crippen LogP contribution is 2.25. The molecule has 84 valence electrons. The fourth-order valence-corrected chi connectivity index (χ4v) is 2.43. The molecule has 3 heteroatoms. The molecule has 0 aromatic rings. The minimum absolute atomic E-state index is 0.347. The van der Waals surface area contributed by atoms with Crippen molar-refractivity contribution in [3.8, 4) is 6.07 Å². The Morgan fingerprint density at radius 1 is 1.47 bits per heavy atom. The molecule has 1 heterocycles. The van der Waals surface area contributed by atoms with E-state index in [4.69, 9.17) is 0 Å². The van der Waals surface area contributed by atoms with Crippen molar-refractivity contribution in [3.05, 3.63) is 0 Å². The van der Waals surface area contributed by atoms with Crippen LogP contribution in [0.2, 0.25) is 0 Å². The Hall–Kier alpha value is -0.590. The average molecular weight is 207 g/mol. The summed E-state index contributed by atoms with van der Waals surface area (Å²) in [6, 6.07) is 3.70. The molecule has 1 aliphatic heterocycles. The maximum Gasteiger partial charge on any atom is 0.116 e. The Balaban J connectivity index is 1.91. The zero-order valence-corrected chi connectivity index (χ0v) is 9.79. The van der Waals surface area contributed by atoms with Crippen molar-refractivity contribution >= 4 is 0 Å². The lowest BCUT2D eigenvalue weighted by molar-refractivity contribution is 0.213. The van der Waals surface area contributed by atoms with Crippen molar-refractivity contribution in [1.29, 1.82) is 5.26 Å². The van der Waals surface area contributed by atoms with Crippen molar-refractivity contribution in [1.82, 2.24) is 10.2 Å². The summed E-state index contributed by atoms with van der Waals surface area (Å²) in [5.41, 5.74) is -0.347. The Bertz CT molecular complexity index is 267. The van der Waals surface area contributed by atoms with Crippen LogP contribution < -0.4 is 5.32 Å². The minimum atomic E-state index is -0.347. The summed E-state index contributed by atoms with van der Waals surface area (Å²) in [7, 11) is 0. The lowest BCUT2D eigenvalue weighted by Crippen LogP contribution is -2.52. The van der Waals surface area contributed by atoms with E-state index in [1.54, 1.807) is 0 Å². The number of nitrogens with one attached hydrogen (secondary N) is 1. The van der Waals surface area contributed by atoms with E-state index in [2.05, 4.69) is 23.2 Å². The van der Waals surface area contributed by atoms with E-state index in [9.17, 15) is 5.26 Å². The second-order valence-electron chi connectivity index (χ2n) is 5.32. The lowest BCUT2D eigenvalue weighted by atomic mass is 10.0. The van der Waals surface area contributed by atoms with Crippen LogP contribution in [0.15, 0.2) is 0 Å². The predicted molar refractivity (Wildman–Crippen MR) is 60.4 cm³/mol. The molecule has 2 aliphatic rings. The summed E-state index contributed by atoms with van der Waals surface area (Å²) in [4.78, 5) is 2.44. The standard InChI is InChI=1S/C12H21N3/c1-10-4-3-7-15(10)9-12(2,8-13)14-11-5-6-11/h10-11,14H,3-7,9H2,1-2H3. The molecule has 3 nitrogen and oxygen atoms in total. The Morgan fingerprint density at radius 3 is 2.67 bits per heavy atom. The SMILES string of the molecule is CC1CCCN1CC(C)(C#N)NC1CC1. The number of nitrogens with zero attached hydrogens (tertiary/aromatic N) is 2. The highest BCUT2D eigenvalue weighted by atomic mass is 15.2. The van der Waals surface area contributed by atoms with E-state index in [0.717, 1.165) is 13.1 Å². The monoisotopic (exact) mass is 207 g/mol. The van der Waals surface area contributed by atoms with Crippen LogP contribution in [-0.4, -0.2) is 35.6 Å². The molecule has 0 amide bonds. The molecule has 0 bridgehead atoms. The van der Waals surface area contributed by atoms with Gasteiger partial charge in [0.2, 0.25) is 0 Å². The molecular weight excluding hydrogens is 186 g/mol. The van der Waals surface area contributed by atoms with Gasteiger partial charge in [-0.3, -0.25) is 10.2 Å². The van der Waals surface area contributed by atoms with Gasteiger partial charge in [0, 0.05) is 18.6 Å². The molecule has 1 aliphatic carbocycles. The first-order valence-corrected chi connectivity index (χ1v) is 6.06. The van der Waals surface area contributed by atoms with Crippen LogP contribution in [0.4, 0.5) is 0 Å². The van der Waals surface area contributed by atoms with E-state index < -0.39 is 0 Å². The Labute approximate surface area is 92.4 Å². The minimum Gasteiger partial charge on any atom is -0.298 e. The van der Waals surface area contributed by atoms with Gasteiger partial charge in [0.1, 0.15) is 5.54 Å². The van der Waals surface area contributed by atoms with E-state index in [1.165, 1.54) is 25.7 Å². The van der Waals surface area contributed by atoms with Gasteiger partial charge in [-0.2, -0.15) is 5.26 Å². The lowest BCUT2D eigenvalue weighted by Gasteiger charge is -2.31. The summed E-state index contributed by atoms with van der Waals surface area (Å²) >= 11 is 0. The van der Waals surface area contributed by atoms with Crippen LogP contribution in [0.1, 0.15) is 39.5 Å². The van der Waals surface area contributed by atoms with Crippen molar-refractivity contribution in [3.63, 3.8) is 0 Å².